The number of nitrogens with zero attached hydrogens (tertiary/aromatic N) is 1. The third-order valence-electron chi connectivity index (χ3n) is 3.66. The van der Waals surface area contributed by atoms with Crippen LogP contribution in [0.3, 0.4) is 0 Å². The number of benzene rings is 1. The third-order valence-corrected chi connectivity index (χ3v) is 3.66. The smallest absolute Gasteiger partial charge is 0.229 e. The molecule has 2 atom stereocenters. The van der Waals surface area contributed by atoms with E-state index in [1.165, 1.54) is 0 Å². The van der Waals surface area contributed by atoms with Crippen LogP contribution in [0.1, 0.15) is 38.0 Å². The number of hydrogen-bond acceptors (Lipinski definition) is 3. The van der Waals surface area contributed by atoms with Gasteiger partial charge >= 0.3 is 0 Å². The Morgan fingerprint density at radius 2 is 2.21 bits per heavy atom. The van der Waals surface area contributed by atoms with Gasteiger partial charge in [-0.2, -0.15) is 0 Å². The highest BCUT2D eigenvalue weighted by Gasteiger charge is 2.32. The predicted octanol–water partition coefficient (Wildman–Crippen LogP) is 1.61. The SMILES string of the molecule is CC(C)C(=O)N1c2ccc(C(O)CN)cc2CC1C. The molecule has 3 N–H and O–H groups in total. The molecule has 0 fully saturated rings. The zero-order valence-corrected chi connectivity index (χ0v) is 11.8. The predicted molar refractivity (Wildman–Crippen MR) is 75.9 cm³/mol. The molecule has 0 aliphatic carbocycles. The van der Waals surface area contributed by atoms with Crippen molar-refractivity contribution in [3.8, 4) is 0 Å². The summed E-state index contributed by atoms with van der Waals surface area (Å²) in [4.78, 5) is 14.1. The highest BCUT2D eigenvalue weighted by molar-refractivity contribution is 5.97. The summed E-state index contributed by atoms with van der Waals surface area (Å²) in [6.45, 7) is 6.10. The number of hydrogen-bond donors (Lipinski definition) is 2. The number of carbonyl (C=O) groups excluding carboxylic acids is 1. The Labute approximate surface area is 114 Å². The van der Waals surface area contributed by atoms with E-state index >= 15 is 0 Å². The van der Waals surface area contributed by atoms with Gasteiger partial charge in [-0.05, 0) is 30.5 Å². The molecule has 4 heteroatoms. The Balaban J connectivity index is 2.35. The van der Waals surface area contributed by atoms with Crippen LogP contribution in [0.25, 0.3) is 0 Å². The number of rotatable bonds is 3. The average Bonchev–Trinajstić information content (AvgIpc) is 2.71. The van der Waals surface area contributed by atoms with E-state index in [-0.39, 0.29) is 24.4 Å². The maximum atomic E-state index is 12.2. The first-order chi connectivity index (χ1) is 8.95. The van der Waals surface area contributed by atoms with E-state index < -0.39 is 6.10 Å². The van der Waals surface area contributed by atoms with Crippen molar-refractivity contribution in [1.82, 2.24) is 0 Å². The number of amides is 1. The van der Waals surface area contributed by atoms with Crippen molar-refractivity contribution < 1.29 is 9.90 Å². The van der Waals surface area contributed by atoms with Gasteiger partial charge in [-0.1, -0.05) is 26.0 Å². The molecule has 0 spiro atoms. The van der Waals surface area contributed by atoms with Gasteiger partial charge < -0.3 is 15.7 Å². The van der Waals surface area contributed by atoms with E-state index in [9.17, 15) is 9.90 Å². The molecule has 0 bridgehead atoms. The van der Waals surface area contributed by atoms with Gasteiger partial charge in [0.25, 0.3) is 0 Å². The van der Waals surface area contributed by atoms with Crippen LogP contribution >= 0.6 is 0 Å². The van der Waals surface area contributed by atoms with Gasteiger partial charge in [-0.25, -0.2) is 0 Å². The van der Waals surface area contributed by atoms with Crippen molar-refractivity contribution >= 4 is 11.6 Å². The van der Waals surface area contributed by atoms with E-state index in [0.717, 1.165) is 23.2 Å². The fourth-order valence-corrected chi connectivity index (χ4v) is 2.61. The molecule has 4 nitrogen and oxygen atoms in total. The summed E-state index contributed by atoms with van der Waals surface area (Å²) < 4.78 is 0. The lowest BCUT2D eigenvalue weighted by Gasteiger charge is -2.24. The Morgan fingerprint density at radius 1 is 1.53 bits per heavy atom. The zero-order chi connectivity index (χ0) is 14.2. The Bertz CT molecular complexity index is 485. The monoisotopic (exact) mass is 262 g/mol. The molecule has 1 amide bonds. The van der Waals surface area contributed by atoms with Crippen molar-refractivity contribution in [3.05, 3.63) is 29.3 Å². The number of aliphatic hydroxyl groups excluding tert-OH is 1. The maximum absolute atomic E-state index is 12.2. The van der Waals surface area contributed by atoms with Crippen LogP contribution < -0.4 is 10.6 Å². The van der Waals surface area contributed by atoms with Crippen LogP contribution in [0.5, 0.6) is 0 Å². The summed E-state index contributed by atoms with van der Waals surface area (Å²) in [7, 11) is 0. The lowest BCUT2D eigenvalue weighted by molar-refractivity contribution is -0.121. The van der Waals surface area contributed by atoms with E-state index in [4.69, 9.17) is 5.73 Å². The molecule has 1 aromatic carbocycles. The molecule has 1 heterocycles. The molecular weight excluding hydrogens is 240 g/mol. The third kappa shape index (κ3) is 2.51. The number of nitrogens with two attached hydrogens (primary N) is 1. The van der Waals surface area contributed by atoms with E-state index in [1.807, 2.05) is 36.9 Å². The van der Waals surface area contributed by atoms with Crippen LogP contribution in [0.4, 0.5) is 5.69 Å². The quantitative estimate of drug-likeness (QED) is 0.869. The van der Waals surface area contributed by atoms with Crippen molar-refractivity contribution in [2.24, 2.45) is 11.7 Å². The number of aliphatic hydroxyl groups is 1. The zero-order valence-electron chi connectivity index (χ0n) is 11.8. The largest absolute Gasteiger partial charge is 0.387 e. The average molecular weight is 262 g/mol. The minimum Gasteiger partial charge on any atom is -0.387 e. The summed E-state index contributed by atoms with van der Waals surface area (Å²) in [5.74, 6) is 0.140. The summed E-state index contributed by atoms with van der Waals surface area (Å²) >= 11 is 0. The normalized spacial score (nSPS) is 19.7. The molecule has 1 aliphatic rings. The standard InChI is InChI=1S/C15H22N2O2/c1-9(2)15(19)17-10(3)6-12-7-11(14(18)8-16)4-5-13(12)17/h4-5,7,9-10,14,18H,6,8,16H2,1-3H3. The second kappa shape index (κ2) is 5.31. The summed E-state index contributed by atoms with van der Waals surface area (Å²) in [5.41, 5.74) is 8.39. The number of fused-ring (bicyclic) bond motifs is 1. The molecule has 0 saturated carbocycles. The molecule has 0 aromatic heterocycles. The van der Waals surface area contributed by atoms with Crippen molar-refractivity contribution in [2.45, 2.75) is 39.3 Å². The number of carbonyl (C=O) groups is 1. The molecular formula is C15H22N2O2. The van der Waals surface area contributed by atoms with E-state index in [0.29, 0.717) is 0 Å². The van der Waals surface area contributed by atoms with Crippen LogP contribution in [-0.4, -0.2) is 23.6 Å². The first-order valence-electron chi connectivity index (χ1n) is 6.79. The fraction of sp³-hybridized carbons (Fsp3) is 0.533. The maximum Gasteiger partial charge on any atom is 0.229 e. The van der Waals surface area contributed by atoms with Gasteiger partial charge in [0.2, 0.25) is 5.91 Å². The highest BCUT2D eigenvalue weighted by Crippen LogP contribution is 2.34. The van der Waals surface area contributed by atoms with Crippen LogP contribution in [0.15, 0.2) is 18.2 Å². The van der Waals surface area contributed by atoms with Gasteiger partial charge in [0.1, 0.15) is 0 Å². The van der Waals surface area contributed by atoms with Crippen molar-refractivity contribution in [2.75, 3.05) is 11.4 Å². The van der Waals surface area contributed by atoms with Crippen molar-refractivity contribution in [3.63, 3.8) is 0 Å². The van der Waals surface area contributed by atoms with Gasteiger partial charge in [-0.3, -0.25) is 4.79 Å². The summed E-state index contributed by atoms with van der Waals surface area (Å²) in [5, 5.41) is 9.78. The highest BCUT2D eigenvalue weighted by atomic mass is 16.3. The molecule has 0 saturated heterocycles. The molecule has 2 rings (SSSR count). The Hall–Kier alpha value is -1.39. The van der Waals surface area contributed by atoms with Crippen LogP contribution in [0, 0.1) is 5.92 Å². The Morgan fingerprint density at radius 3 is 2.79 bits per heavy atom. The molecule has 2 unspecified atom stereocenters. The van der Waals surface area contributed by atoms with Gasteiger partial charge in [0.05, 0.1) is 6.10 Å². The van der Waals surface area contributed by atoms with E-state index in [2.05, 4.69) is 6.92 Å². The molecule has 0 radical (unpaired) electrons. The van der Waals surface area contributed by atoms with Crippen molar-refractivity contribution in [1.29, 1.82) is 0 Å². The van der Waals surface area contributed by atoms with Gasteiger partial charge in [0.15, 0.2) is 0 Å². The summed E-state index contributed by atoms with van der Waals surface area (Å²) in [6, 6.07) is 5.93. The first-order valence-corrected chi connectivity index (χ1v) is 6.79. The summed E-state index contributed by atoms with van der Waals surface area (Å²) in [6.07, 6.45) is 0.203. The second-order valence-corrected chi connectivity index (χ2v) is 5.56. The van der Waals surface area contributed by atoms with Gasteiger partial charge in [0, 0.05) is 24.2 Å². The minimum atomic E-state index is -0.629. The second-order valence-electron chi connectivity index (χ2n) is 5.56. The minimum absolute atomic E-state index is 0.0114. The topological polar surface area (TPSA) is 66.6 Å². The molecule has 19 heavy (non-hydrogen) atoms. The Kier molecular flexibility index (Phi) is 3.92. The first kappa shape index (κ1) is 14.0. The molecule has 1 aromatic rings. The number of anilines is 1. The fourth-order valence-electron chi connectivity index (χ4n) is 2.61. The lowest BCUT2D eigenvalue weighted by atomic mass is 10.0. The van der Waals surface area contributed by atoms with E-state index in [1.54, 1.807) is 0 Å². The van der Waals surface area contributed by atoms with Crippen LogP contribution in [0.2, 0.25) is 0 Å². The molecule has 104 valence electrons. The van der Waals surface area contributed by atoms with Crippen LogP contribution in [-0.2, 0) is 11.2 Å². The van der Waals surface area contributed by atoms with Gasteiger partial charge in [-0.15, -0.1) is 0 Å². The molecule has 1 aliphatic heterocycles. The lowest BCUT2D eigenvalue weighted by Crippen LogP contribution is -2.38.